The summed E-state index contributed by atoms with van der Waals surface area (Å²) < 4.78 is 5.47. The van der Waals surface area contributed by atoms with Gasteiger partial charge in [0.25, 0.3) is 0 Å². The first-order chi connectivity index (χ1) is 8.17. The fourth-order valence-electron chi connectivity index (χ4n) is 1.82. The molecule has 4 N–H and O–H groups in total. The van der Waals surface area contributed by atoms with Crippen LogP contribution in [0.15, 0.2) is 17.6 Å². The van der Waals surface area contributed by atoms with Crippen LogP contribution in [0, 0.1) is 0 Å². The molecule has 0 amide bonds. The lowest BCUT2D eigenvalue weighted by atomic mass is 9.99. The van der Waals surface area contributed by atoms with Gasteiger partial charge in [-0.05, 0) is 0 Å². The number of nitrogens with zero attached hydrogens (tertiary/aromatic N) is 1. The van der Waals surface area contributed by atoms with E-state index in [4.69, 9.17) is 9.84 Å². The third-order valence-corrected chi connectivity index (χ3v) is 3.84. The Hall–Kier alpha value is -0.600. The number of hydrogen-bond acceptors (Lipinski definition) is 7. The van der Waals surface area contributed by atoms with E-state index >= 15 is 0 Å². The predicted octanol–water partition coefficient (Wildman–Crippen LogP) is -1.33. The molecule has 0 spiro atoms. The number of aliphatic hydroxyl groups is 3. The van der Waals surface area contributed by atoms with E-state index in [1.165, 1.54) is 11.8 Å². The number of amidine groups is 1. The summed E-state index contributed by atoms with van der Waals surface area (Å²) in [4.78, 5) is 4.25. The molecule has 0 saturated carbocycles. The van der Waals surface area contributed by atoms with Crippen LogP contribution in [-0.2, 0) is 4.74 Å². The van der Waals surface area contributed by atoms with Gasteiger partial charge in [-0.2, -0.15) is 0 Å². The Morgan fingerprint density at radius 1 is 1.47 bits per heavy atom. The lowest BCUT2D eigenvalue weighted by molar-refractivity contribution is -0.164. The fraction of sp³-hybridized carbons (Fsp3) is 0.700. The smallest absolute Gasteiger partial charge is 0.159 e. The Bertz CT molecular complexity index is 325. The Kier molecular flexibility index (Phi) is 4.05. The Morgan fingerprint density at radius 2 is 2.24 bits per heavy atom. The van der Waals surface area contributed by atoms with E-state index in [9.17, 15) is 10.2 Å². The van der Waals surface area contributed by atoms with Crippen molar-refractivity contribution in [1.82, 2.24) is 5.32 Å². The van der Waals surface area contributed by atoms with Gasteiger partial charge in [0.1, 0.15) is 29.8 Å². The van der Waals surface area contributed by atoms with Crippen LogP contribution in [0.4, 0.5) is 0 Å². The molecule has 2 aliphatic heterocycles. The predicted molar refractivity (Wildman–Crippen MR) is 64.8 cm³/mol. The van der Waals surface area contributed by atoms with E-state index in [0.717, 1.165) is 0 Å². The maximum Gasteiger partial charge on any atom is 0.159 e. The first kappa shape index (κ1) is 12.8. The van der Waals surface area contributed by atoms with E-state index in [2.05, 4.69) is 16.9 Å². The van der Waals surface area contributed by atoms with Crippen molar-refractivity contribution in [2.24, 2.45) is 4.99 Å². The summed E-state index contributed by atoms with van der Waals surface area (Å²) in [5.41, 5.74) is -0.363. The number of nitrogens with one attached hydrogen (secondary N) is 1. The van der Waals surface area contributed by atoms with Crippen molar-refractivity contribution < 1.29 is 20.1 Å². The lowest BCUT2D eigenvalue weighted by Gasteiger charge is -2.37. The molecule has 2 heterocycles. The highest BCUT2D eigenvalue weighted by Gasteiger charge is 2.47. The van der Waals surface area contributed by atoms with Crippen molar-refractivity contribution >= 4 is 16.9 Å². The van der Waals surface area contributed by atoms with Crippen LogP contribution in [-0.4, -0.2) is 63.4 Å². The van der Waals surface area contributed by atoms with Crippen LogP contribution in [0.2, 0.25) is 0 Å². The van der Waals surface area contributed by atoms with Gasteiger partial charge in [-0.1, -0.05) is 17.8 Å². The molecule has 1 saturated heterocycles. The largest absolute Gasteiger partial charge is 0.394 e. The third-order valence-electron chi connectivity index (χ3n) is 2.74. The van der Waals surface area contributed by atoms with Gasteiger partial charge in [0.15, 0.2) is 5.17 Å². The number of rotatable bonds is 3. The van der Waals surface area contributed by atoms with Gasteiger partial charge in [-0.15, -0.1) is 6.58 Å². The molecule has 0 aliphatic carbocycles. The highest BCUT2D eigenvalue weighted by atomic mass is 32.2. The molecule has 0 unspecified atom stereocenters. The van der Waals surface area contributed by atoms with Crippen molar-refractivity contribution in [1.29, 1.82) is 0 Å². The molecule has 1 fully saturated rings. The van der Waals surface area contributed by atoms with Crippen LogP contribution in [0.1, 0.15) is 0 Å². The summed E-state index contributed by atoms with van der Waals surface area (Å²) in [5.74, 6) is 0. The second-order valence-electron chi connectivity index (χ2n) is 3.92. The first-order valence-corrected chi connectivity index (χ1v) is 6.27. The number of thioether (sulfide) groups is 1. The van der Waals surface area contributed by atoms with Gasteiger partial charge in [0, 0.05) is 6.54 Å². The number of aliphatic hydroxyl groups excluding tert-OH is 3. The summed E-state index contributed by atoms with van der Waals surface area (Å²) in [6.45, 7) is 3.84. The average Bonchev–Trinajstić information content (AvgIpc) is 2.74. The highest BCUT2D eigenvalue weighted by Crippen LogP contribution is 2.35. The van der Waals surface area contributed by atoms with Crippen LogP contribution in [0.25, 0.3) is 0 Å². The number of hydrogen-bond donors (Lipinski definition) is 4. The Balaban J connectivity index is 2.04. The average molecular weight is 260 g/mol. The molecule has 2 aliphatic rings. The maximum atomic E-state index is 9.88. The number of ether oxygens (including phenoxy) is 1. The molecule has 0 aromatic carbocycles. The molecule has 17 heavy (non-hydrogen) atoms. The normalized spacial score (nSPS) is 40.6. The minimum absolute atomic E-state index is 0.322. The first-order valence-electron chi connectivity index (χ1n) is 5.39. The molecule has 6 nitrogen and oxygen atoms in total. The van der Waals surface area contributed by atoms with E-state index < -0.39 is 24.4 Å². The van der Waals surface area contributed by atoms with Crippen molar-refractivity contribution in [3.05, 3.63) is 12.7 Å². The molecule has 96 valence electrons. The fourth-order valence-corrected chi connectivity index (χ4v) is 2.95. The second kappa shape index (κ2) is 5.36. The quantitative estimate of drug-likeness (QED) is 0.470. The maximum absolute atomic E-state index is 9.88. The topological polar surface area (TPSA) is 94.3 Å². The monoisotopic (exact) mass is 260 g/mol. The molecular weight excluding hydrogens is 244 g/mol. The summed E-state index contributed by atoms with van der Waals surface area (Å²) in [5, 5.41) is 32.3. The van der Waals surface area contributed by atoms with Gasteiger partial charge in [-0.25, -0.2) is 0 Å². The SMILES string of the molecule is C=CCNC1=N[C@@H]2[C@@H](O)[C@H](O)[C@@H](CO)O[C@@H]2S1. The van der Waals surface area contributed by atoms with Crippen LogP contribution in [0.5, 0.6) is 0 Å². The van der Waals surface area contributed by atoms with Crippen molar-refractivity contribution in [3.63, 3.8) is 0 Å². The van der Waals surface area contributed by atoms with Gasteiger partial charge in [-0.3, -0.25) is 4.99 Å². The number of fused-ring (bicyclic) bond motifs is 1. The van der Waals surface area contributed by atoms with Crippen molar-refractivity contribution in [2.75, 3.05) is 13.2 Å². The highest BCUT2D eigenvalue weighted by molar-refractivity contribution is 8.14. The zero-order valence-corrected chi connectivity index (χ0v) is 10.0. The van der Waals surface area contributed by atoms with E-state index in [1.54, 1.807) is 6.08 Å². The molecular formula is C10H16N2O4S. The van der Waals surface area contributed by atoms with E-state index in [-0.39, 0.29) is 12.0 Å². The molecule has 0 aromatic rings. The van der Waals surface area contributed by atoms with Gasteiger partial charge in [0.2, 0.25) is 0 Å². The minimum atomic E-state index is -1.11. The van der Waals surface area contributed by atoms with Crippen LogP contribution >= 0.6 is 11.8 Å². The second-order valence-corrected chi connectivity index (χ2v) is 5.01. The summed E-state index contributed by atoms with van der Waals surface area (Å²) in [7, 11) is 0. The third kappa shape index (κ3) is 2.48. The lowest BCUT2D eigenvalue weighted by Crippen LogP contribution is -2.55. The van der Waals surface area contributed by atoms with E-state index in [0.29, 0.717) is 11.7 Å². The summed E-state index contributed by atoms with van der Waals surface area (Å²) in [6, 6.07) is -0.495. The molecule has 0 bridgehead atoms. The van der Waals surface area contributed by atoms with Crippen molar-refractivity contribution in [2.45, 2.75) is 29.8 Å². The van der Waals surface area contributed by atoms with Gasteiger partial charge >= 0.3 is 0 Å². The minimum Gasteiger partial charge on any atom is -0.394 e. The standard InChI is InChI=1S/C10H16N2O4S/c1-2-3-11-10-12-6-8(15)7(14)5(4-13)16-9(6)17-10/h2,5-9,13-15H,1,3-4H2,(H,11,12)/t5-,6-,7-,8-,9-/m1/s1. The Labute approximate surface area is 103 Å². The number of aliphatic imine (C=N–C) groups is 1. The van der Waals surface area contributed by atoms with Gasteiger partial charge < -0.3 is 25.4 Å². The Morgan fingerprint density at radius 3 is 2.88 bits per heavy atom. The van der Waals surface area contributed by atoms with E-state index in [1.807, 2.05) is 0 Å². The zero-order chi connectivity index (χ0) is 12.4. The van der Waals surface area contributed by atoms with Crippen LogP contribution in [0.3, 0.4) is 0 Å². The van der Waals surface area contributed by atoms with Gasteiger partial charge in [0.05, 0.1) is 6.61 Å². The molecule has 5 atom stereocenters. The molecule has 7 heteroatoms. The molecule has 0 aromatic heterocycles. The summed E-state index contributed by atoms with van der Waals surface area (Å²) >= 11 is 1.35. The molecule has 2 rings (SSSR count). The zero-order valence-electron chi connectivity index (χ0n) is 9.19. The van der Waals surface area contributed by atoms with Crippen LogP contribution < -0.4 is 5.32 Å². The summed E-state index contributed by atoms with van der Waals surface area (Å²) in [6.07, 6.45) is -1.17. The van der Waals surface area contributed by atoms with Crippen molar-refractivity contribution in [3.8, 4) is 0 Å². The molecule has 0 radical (unpaired) electrons.